The minimum atomic E-state index is -0.743. The molecule has 2 N–H and O–H groups in total. The second-order valence-corrected chi connectivity index (χ2v) is 9.21. The highest BCUT2D eigenvalue weighted by atomic mass is 16.6. The Morgan fingerprint density at radius 3 is 1.97 bits per heavy atom. The summed E-state index contributed by atoms with van der Waals surface area (Å²) in [7, 11) is 0. The second kappa shape index (κ2) is 10.9. The van der Waals surface area contributed by atoms with Crippen molar-refractivity contribution in [3.05, 3.63) is 93.2 Å². The van der Waals surface area contributed by atoms with Crippen LogP contribution in [0, 0.1) is 24.0 Å². The topological polar surface area (TPSA) is 110 Å². The second-order valence-electron chi connectivity index (χ2n) is 9.21. The van der Waals surface area contributed by atoms with Gasteiger partial charge in [0.15, 0.2) is 0 Å². The molecule has 0 saturated heterocycles. The number of aromatic nitrogens is 1. The Morgan fingerprint density at radius 1 is 1.00 bits per heavy atom. The highest BCUT2D eigenvalue weighted by Gasteiger charge is 2.30. The fourth-order valence-electron chi connectivity index (χ4n) is 3.54. The molecule has 0 aliphatic rings. The molecule has 184 valence electrons. The Balaban J connectivity index is 2.06. The number of rotatable bonds is 8. The van der Waals surface area contributed by atoms with E-state index in [2.05, 4.69) is 15.8 Å². The lowest BCUT2D eigenvalue weighted by Crippen LogP contribution is -2.36. The van der Waals surface area contributed by atoms with Gasteiger partial charge in [0.25, 0.3) is 0 Å². The van der Waals surface area contributed by atoms with Crippen molar-refractivity contribution >= 4 is 23.3 Å². The van der Waals surface area contributed by atoms with Crippen molar-refractivity contribution in [1.82, 2.24) is 10.4 Å². The molecule has 9 nitrogen and oxygen atoms in total. The number of nitro groups is 1. The van der Waals surface area contributed by atoms with Gasteiger partial charge in [0, 0.05) is 24.3 Å². The fourth-order valence-corrected chi connectivity index (χ4v) is 3.54. The lowest BCUT2D eigenvalue weighted by molar-refractivity contribution is -0.383. The van der Waals surface area contributed by atoms with Crippen LogP contribution in [0.2, 0.25) is 0 Å². The monoisotopic (exact) mass is 477 g/mol. The molecule has 0 atom stereocenters. The van der Waals surface area contributed by atoms with E-state index in [-0.39, 0.29) is 17.2 Å². The largest absolute Gasteiger partial charge is 0.443 e. The first kappa shape index (κ1) is 25.5. The summed E-state index contributed by atoms with van der Waals surface area (Å²) in [6, 6.07) is 19.4. The van der Waals surface area contributed by atoms with Crippen molar-refractivity contribution in [3.63, 3.8) is 0 Å². The quantitative estimate of drug-likeness (QED) is 0.318. The Labute approximate surface area is 205 Å². The number of hydrazine groups is 1. The van der Waals surface area contributed by atoms with Crippen LogP contribution in [-0.4, -0.2) is 21.6 Å². The first-order valence-corrected chi connectivity index (χ1v) is 11.3. The van der Waals surface area contributed by atoms with Crippen molar-refractivity contribution in [2.45, 2.75) is 53.3 Å². The number of anilines is 2. The highest BCUT2D eigenvalue weighted by molar-refractivity contribution is 5.80. The predicted octanol–water partition coefficient (Wildman–Crippen LogP) is 5.67. The van der Waals surface area contributed by atoms with Crippen LogP contribution < -0.4 is 15.8 Å². The van der Waals surface area contributed by atoms with Crippen LogP contribution in [0.25, 0.3) is 0 Å². The minimum absolute atomic E-state index is 0.162. The number of aryl methyl sites for hydroxylation is 1. The van der Waals surface area contributed by atoms with E-state index in [1.807, 2.05) is 65.6 Å². The Morgan fingerprint density at radius 2 is 1.51 bits per heavy atom. The molecule has 0 spiro atoms. The number of carbonyl (C=O) groups is 1. The van der Waals surface area contributed by atoms with Gasteiger partial charge in [-0.3, -0.25) is 15.5 Å². The van der Waals surface area contributed by atoms with E-state index in [1.54, 1.807) is 34.6 Å². The molecule has 0 saturated carbocycles. The molecule has 0 aliphatic carbocycles. The highest BCUT2D eigenvalue weighted by Crippen LogP contribution is 2.38. The molecule has 1 heterocycles. The van der Waals surface area contributed by atoms with Gasteiger partial charge in [-0.15, -0.1) is 0 Å². The number of nitrogens with zero attached hydrogens (tertiary/aromatic N) is 3. The summed E-state index contributed by atoms with van der Waals surface area (Å²) in [5.41, 5.74) is 7.48. The summed E-state index contributed by atoms with van der Waals surface area (Å²) in [5.74, 6) is 0.208. The first-order valence-electron chi connectivity index (χ1n) is 11.3. The van der Waals surface area contributed by atoms with E-state index in [0.717, 1.165) is 11.1 Å². The summed E-state index contributed by atoms with van der Waals surface area (Å²) in [5, 5.41) is 12.3. The van der Waals surface area contributed by atoms with Gasteiger partial charge in [0.1, 0.15) is 11.3 Å². The summed E-state index contributed by atoms with van der Waals surface area (Å²) >= 11 is 0. The number of amides is 1. The van der Waals surface area contributed by atoms with Crippen LogP contribution in [0.1, 0.15) is 43.2 Å². The molecule has 3 rings (SSSR count). The van der Waals surface area contributed by atoms with Gasteiger partial charge < -0.3 is 9.64 Å². The standard InChI is InChI=1S/C26H31N5O4/c1-18-19(2)27-24(23(31(33)34)22(18)28-29-25(32)35-26(3,4)5)30(16-20-12-8-6-9-13-20)17-21-14-10-7-11-15-21/h6-15H,16-17H2,1-5H3,(H,27,28)(H,29,32). The van der Waals surface area contributed by atoms with Crippen molar-refractivity contribution in [1.29, 1.82) is 0 Å². The molecular weight excluding hydrogens is 446 g/mol. The van der Waals surface area contributed by atoms with Crippen LogP contribution in [0.3, 0.4) is 0 Å². The Bertz CT molecular complexity index is 1140. The van der Waals surface area contributed by atoms with Crippen LogP contribution in [0.15, 0.2) is 60.7 Å². The van der Waals surface area contributed by atoms with Gasteiger partial charge in [-0.1, -0.05) is 60.7 Å². The molecule has 0 unspecified atom stereocenters. The average Bonchev–Trinajstić information content (AvgIpc) is 2.79. The normalized spacial score (nSPS) is 11.0. The number of hydrogen-bond donors (Lipinski definition) is 2. The van der Waals surface area contributed by atoms with E-state index in [9.17, 15) is 14.9 Å². The van der Waals surface area contributed by atoms with Crippen LogP contribution in [0.5, 0.6) is 0 Å². The van der Waals surface area contributed by atoms with E-state index < -0.39 is 16.6 Å². The number of hydrogen-bond acceptors (Lipinski definition) is 7. The molecule has 9 heteroatoms. The van der Waals surface area contributed by atoms with E-state index >= 15 is 0 Å². The van der Waals surface area contributed by atoms with Gasteiger partial charge in [0.05, 0.1) is 4.92 Å². The molecular formula is C26H31N5O4. The molecule has 2 aromatic carbocycles. The third-order valence-electron chi connectivity index (χ3n) is 5.24. The van der Waals surface area contributed by atoms with Gasteiger partial charge in [-0.2, -0.15) is 0 Å². The summed E-state index contributed by atoms with van der Waals surface area (Å²) in [6.45, 7) is 9.53. The number of ether oxygens (including phenoxy) is 1. The third kappa shape index (κ3) is 6.92. The first-order chi connectivity index (χ1) is 16.5. The maximum absolute atomic E-state index is 12.3. The zero-order chi connectivity index (χ0) is 25.6. The molecule has 0 fully saturated rings. The molecule has 1 aromatic heterocycles. The van der Waals surface area contributed by atoms with Gasteiger partial charge >= 0.3 is 11.8 Å². The van der Waals surface area contributed by atoms with E-state index in [1.165, 1.54) is 0 Å². The van der Waals surface area contributed by atoms with Crippen LogP contribution in [0.4, 0.5) is 22.0 Å². The van der Waals surface area contributed by atoms with Crippen molar-refractivity contribution in [2.75, 3.05) is 10.3 Å². The minimum Gasteiger partial charge on any atom is -0.443 e. The molecule has 0 radical (unpaired) electrons. The van der Waals surface area contributed by atoms with Crippen molar-refractivity contribution < 1.29 is 14.5 Å². The molecule has 0 aliphatic heterocycles. The van der Waals surface area contributed by atoms with E-state index in [0.29, 0.717) is 24.3 Å². The van der Waals surface area contributed by atoms with Gasteiger partial charge in [-0.25, -0.2) is 15.2 Å². The number of nitrogens with one attached hydrogen (secondary N) is 2. The third-order valence-corrected chi connectivity index (χ3v) is 5.24. The maximum atomic E-state index is 12.3. The Kier molecular flexibility index (Phi) is 7.91. The molecule has 0 bridgehead atoms. The van der Waals surface area contributed by atoms with Gasteiger partial charge in [0.2, 0.25) is 5.82 Å². The lowest BCUT2D eigenvalue weighted by Gasteiger charge is -2.26. The number of benzene rings is 2. The SMILES string of the molecule is Cc1nc(N(Cc2ccccc2)Cc2ccccc2)c([N+](=O)[O-])c(NNC(=O)OC(C)(C)C)c1C. The summed E-state index contributed by atoms with van der Waals surface area (Å²) < 4.78 is 5.26. The van der Waals surface area contributed by atoms with E-state index in [4.69, 9.17) is 4.74 Å². The zero-order valence-corrected chi connectivity index (χ0v) is 20.7. The predicted molar refractivity (Wildman–Crippen MR) is 136 cm³/mol. The zero-order valence-electron chi connectivity index (χ0n) is 20.7. The lowest BCUT2D eigenvalue weighted by atomic mass is 10.1. The van der Waals surface area contributed by atoms with Crippen molar-refractivity contribution in [3.8, 4) is 0 Å². The number of carbonyl (C=O) groups excluding carboxylic acids is 1. The van der Waals surface area contributed by atoms with Crippen LogP contribution >= 0.6 is 0 Å². The average molecular weight is 478 g/mol. The van der Waals surface area contributed by atoms with Gasteiger partial charge in [-0.05, 0) is 45.7 Å². The fraction of sp³-hybridized carbons (Fsp3) is 0.308. The summed E-state index contributed by atoms with van der Waals surface area (Å²) in [6.07, 6.45) is -0.743. The Hall–Kier alpha value is -4.14. The number of pyridine rings is 1. The molecule has 3 aromatic rings. The van der Waals surface area contributed by atoms with Crippen LogP contribution in [-0.2, 0) is 17.8 Å². The molecule has 1 amide bonds. The smallest absolute Gasteiger partial charge is 0.426 e. The summed E-state index contributed by atoms with van der Waals surface area (Å²) in [4.78, 5) is 30.6. The maximum Gasteiger partial charge on any atom is 0.426 e. The van der Waals surface area contributed by atoms with Crippen molar-refractivity contribution in [2.24, 2.45) is 0 Å². The molecule has 35 heavy (non-hydrogen) atoms.